The number of amides is 1. The lowest BCUT2D eigenvalue weighted by molar-refractivity contribution is -0.137. The van der Waals surface area contributed by atoms with E-state index in [-0.39, 0.29) is 22.1 Å². The van der Waals surface area contributed by atoms with Crippen LogP contribution in [0, 0.1) is 0 Å². The topological polar surface area (TPSA) is 72.9 Å². The zero-order valence-corrected chi connectivity index (χ0v) is 11.5. The van der Waals surface area contributed by atoms with Crippen molar-refractivity contribution in [3.05, 3.63) is 40.5 Å². The van der Waals surface area contributed by atoms with Gasteiger partial charge in [0.2, 0.25) is 0 Å². The number of hydrogen-bond donors (Lipinski definition) is 2. The number of aryl methyl sites for hydroxylation is 1. The predicted molar refractivity (Wildman–Crippen MR) is 72.0 cm³/mol. The minimum atomic E-state index is -4.53. The summed E-state index contributed by atoms with van der Waals surface area (Å²) in [6.45, 7) is 0. The highest BCUT2D eigenvalue weighted by Gasteiger charge is 2.31. The Morgan fingerprint density at radius 3 is 2.62 bits per heavy atom. The lowest BCUT2D eigenvalue weighted by Crippen LogP contribution is -2.15. The first kappa shape index (κ1) is 15.2. The van der Waals surface area contributed by atoms with Crippen LogP contribution in [0.25, 0.3) is 0 Å². The number of carbonyl (C=O) groups is 1. The van der Waals surface area contributed by atoms with Crippen LogP contribution < -0.4 is 11.1 Å². The van der Waals surface area contributed by atoms with E-state index in [0.717, 1.165) is 18.2 Å². The molecule has 2 aromatic rings. The van der Waals surface area contributed by atoms with Crippen molar-refractivity contribution in [3.8, 4) is 0 Å². The van der Waals surface area contributed by atoms with E-state index in [4.69, 9.17) is 17.3 Å². The minimum absolute atomic E-state index is 0.0150. The lowest BCUT2D eigenvalue weighted by atomic mass is 10.2. The maximum absolute atomic E-state index is 12.6. The Morgan fingerprint density at radius 1 is 1.43 bits per heavy atom. The smallest absolute Gasteiger partial charge is 0.383 e. The van der Waals surface area contributed by atoms with Gasteiger partial charge in [-0.3, -0.25) is 9.48 Å². The molecule has 2 rings (SSSR count). The van der Waals surface area contributed by atoms with E-state index in [9.17, 15) is 18.0 Å². The number of hydrogen-bond acceptors (Lipinski definition) is 3. The van der Waals surface area contributed by atoms with E-state index in [2.05, 4.69) is 10.4 Å². The average molecular weight is 319 g/mol. The van der Waals surface area contributed by atoms with Crippen LogP contribution in [0.3, 0.4) is 0 Å². The molecule has 0 atom stereocenters. The van der Waals surface area contributed by atoms with E-state index >= 15 is 0 Å². The molecule has 1 aromatic carbocycles. The maximum Gasteiger partial charge on any atom is 0.416 e. The van der Waals surface area contributed by atoms with Gasteiger partial charge in [-0.25, -0.2) is 0 Å². The normalized spacial score (nSPS) is 11.5. The molecule has 0 saturated carbocycles. The number of nitrogens with zero attached hydrogens (tertiary/aromatic N) is 2. The number of aromatic nitrogens is 2. The van der Waals surface area contributed by atoms with Gasteiger partial charge in [0.05, 0.1) is 22.5 Å². The summed E-state index contributed by atoms with van der Waals surface area (Å²) >= 11 is 5.79. The maximum atomic E-state index is 12.6. The molecule has 9 heteroatoms. The number of benzene rings is 1. The van der Waals surface area contributed by atoms with Crippen molar-refractivity contribution < 1.29 is 18.0 Å². The van der Waals surface area contributed by atoms with E-state index in [1.165, 1.54) is 17.9 Å². The molecule has 0 bridgehead atoms. The highest BCUT2D eigenvalue weighted by atomic mass is 35.5. The van der Waals surface area contributed by atoms with E-state index in [0.29, 0.717) is 0 Å². The third kappa shape index (κ3) is 3.10. The monoisotopic (exact) mass is 318 g/mol. The quantitative estimate of drug-likeness (QED) is 0.894. The van der Waals surface area contributed by atoms with Crippen LogP contribution in [0.5, 0.6) is 0 Å². The number of carbonyl (C=O) groups excluding carboxylic acids is 1. The van der Waals surface area contributed by atoms with Crippen molar-refractivity contribution in [1.29, 1.82) is 0 Å². The highest BCUT2D eigenvalue weighted by Crippen LogP contribution is 2.34. The first-order valence-corrected chi connectivity index (χ1v) is 6.03. The Kier molecular flexibility index (Phi) is 3.82. The van der Waals surface area contributed by atoms with Gasteiger partial charge in [-0.1, -0.05) is 11.6 Å². The minimum Gasteiger partial charge on any atom is -0.383 e. The molecule has 0 aliphatic heterocycles. The van der Waals surface area contributed by atoms with Crippen LogP contribution >= 0.6 is 11.6 Å². The van der Waals surface area contributed by atoms with Crippen LogP contribution in [0.15, 0.2) is 24.4 Å². The van der Waals surface area contributed by atoms with Gasteiger partial charge in [0, 0.05) is 7.05 Å². The highest BCUT2D eigenvalue weighted by molar-refractivity contribution is 6.34. The Morgan fingerprint density at radius 2 is 2.10 bits per heavy atom. The average Bonchev–Trinajstić information content (AvgIpc) is 2.71. The third-order valence-corrected chi connectivity index (χ3v) is 3.10. The zero-order chi connectivity index (χ0) is 15.8. The molecule has 0 fully saturated rings. The number of nitrogens with two attached hydrogens (primary N) is 1. The number of halogens is 4. The molecular weight excluding hydrogens is 309 g/mol. The molecule has 0 unspecified atom stereocenters. The SMILES string of the molecule is Cn1ncc(C(=O)Nc2cc(C(F)(F)F)ccc2Cl)c1N. The van der Waals surface area contributed by atoms with Crippen molar-refractivity contribution in [1.82, 2.24) is 9.78 Å². The molecule has 1 amide bonds. The molecule has 0 radical (unpaired) electrons. The molecule has 112 valence electrons. The van der Waals surface area contributed by atoms with Gasteiger partial charge in [-0.15, -0.1) is 0 Å². The third-order valence-electron chi connectivity index (χ3n) is 2.77. The fourth-order valence-electron chi connectivity index (χ4n) is 1.61. The summed E-state index contributed by atoms with van der Waals surface area (Å²) in [4.78, 5) is 12.0. The van der Waals surface area contributed by atoms with Gasteiger partial charge in [-0.2, -0.15) is 18.3 Å². The molecule has 21 heavy (non-hydrogen) atoms. The van der Waals surface area contributed by atoms with Crippen LogP contribution in [0.4, 0.5) is 24.7 Å². The van der Waals surface area contributed by atoms with Gasteiger partial charge < -0.3 is 11.1 Å². The fourth-order valence-corrected chi connectivity index (χ4v) is 1.77. The Balaban J connectivity index is 2.31. The Labute approximate surface area is 122 Å². The summed E-state index contributed by atoms with van der Waals surface area (Å²) in [5, 5.41) is 6.05. The molecular formula is C12H10ClF3N4O. The second-order valence-electron chi connectivity index (χ2n) is 4.21. The van der Waals surface area contributed by atoms with Crippen molar-refractivity contribution in [2.24, 2.45) is 7.05 Å². The van der Waals surface area contributed by atoms with E-state index in [1.807, 2.05) is 0 Å². The summed E-state index contributed by atoms with van der Waals surface area (Å²) in [5.74, 6) is -0.600. The van der Waals surface area contributed by atoms with Crippen molar-refractivity contribution in [3.63, 3.8) is 0 Å². The first-order chi connectivity index (χ1) is 9.70. The standard InChI is InChI=1S/C12H10ClF3N4O/c1-20-10(17)7(5-18-20)11(21)19-9-4-6(12(14,15)16)2-3-8(9)13/h2-5H,17H2,1H3,(H,19,21). The van der Waals surface area contributed by atoms with E-state index < -0.39 is 17.6 Å². The van der Waals surface area contributed by atoms with Crippen molar-refractivity contribution >= 4 is 29.0 Å². The molecule has 0 saturated heterocycles. The Hall–Kier alpha value is -2.22. The summed E-state index contributed by atoms with van der Waals surface area (Å²) in [6, 6.07) is 2.65. The largest absolute Gasteiger partial charge is 0.416 e. The number of nitrogen functional groups attached to an aromatic ring is 1. The number of anilines is 2. The van der Waals surface area contributed by atoms with Gasteiger partial charge >= 0.3 is 6.18 Å². The molecule has 0 spiro atoms. The molecule has 5 nitrogen and oxygen atoms in total. The molecule has 1 aromatic heterocycles. The lowest BCUT2D eigenvalue weighted by Gasteiger charge is -2.11. The Bertz CT molecular complexity index is 696. The molecule has 1 heterocycles. The van der Waals surface area contributed by atoms with Crippen molar-refractivity contribution in [2.75, 3.05) is 11.1 Å². The van der Waals surface area contributed by atoms with Gasteiger partial charge in [0.1, 0.15) is 11.4 Å². The second-order valence-corrected chi connectivity index (χ2v) is 4.62. The predicted octanol–water partition coefficient (Wildman–Crippen LogP) is 2.93. The van der Waals surface area contributed by atoms with Crippen LogP contribution in [0.2, 0.25) is 5.02 Å². The zero-order valence-electron chi connectivity index (χ0n) is 10.7. The second kappa shape index (κ2) is 5.28. The fraction of sp³-hybridized carbons (Fsp3) is 0.167. The first-order valence-electron chi connectivity index (χ1n) is 5.65. The van der Waals surface area contributed by atoms with Crippen LogP contribution in [-0.4, -0.2) is 15.7 Å². The number of rotatable bonds is 2. The molecule has 3 N–H and O–H groups in total. The summed E-state index contributed by atoms with van der Waals surface area (Å²) < 4.78 is 39.2. The van der Waals surface area contributed by atoms with Gasteiger partial charge in [0.15, 0.2) is 0 Å². The number of alkyl halides is 3. The summed E-state index contributed by atoms with van der Waals surface area (Å²) in [5.41, 5.74) is 4.60. The van der Waals surface area contributed by atoms with Gasteiger partial charge in [-0.05, 0) is 18.2 Å². The molecule has 0 aliphatic rings. The summed E-state index contributed by atoms with van der Waals surface area (Å²) in [7, 11) is 1.53. The van der Waals surface area contributed by atoms with Crippen molar-refractivity contribution in [2.45, 2.75) is 6.18 Å². The van der Waals surface area contributed by atoms with E-state index in [1.54, 1.807) is 0 Å². The number of nitrogens with one attached hydrogen (secondary N) is 1. The molecule has 0 aliphatic carbocycles. The van der Waals surface area contributed by atoms with Crippen LogP contribution in [-0.2, 0) is 13.2 Å². The summed E-state index contributed by atoms with van der Waals surface area (Å²) in [6.07, 6.45) is -3.32. The van der Waals surface area contributed by atoms with Crippen LogP contribution in [0.1, 0.15) is 15.9 Å². The van der Waals surface area contributed by atoms with Gasteiger partial charge in [0.25, 0.3) is 5.91 Å².